The first kappa shape index (κ1) is 9.25. The number of aromatic nitrogens is 2. The molecule has 0 aromatic carbocycles. The fourth-order valence-corrected chi connectivity index (χ4v) is 2.39. The second-order valence-electron chi connectivity index (χ2n) is 4.02. The van der Waals surface area contributed by atoms with Crippen LogP contribution in [0, 0.1) is 5.92 Å². The van der Waals surface area contributed by atoms with E-state index >= 15 is 0 Å². The Kier molecular flexibility index (Phi) is 2.72. The van der Waals surface area contributed by atoms with E-state index in [0.29, 0.717) is 6.04 Å². The van der Waals surface area contributed by atoms with Crippen molar-refractivity contribution in [2.24, 2.45) is 5.92 Å². The normalized spacial score (nSPS) is 28.2. The minimum absolute atomic E-state index is 0.704. The van der Waals surface area contributed by atoms with Gasteiger partial charge in [0.25, 0.3) is 0 Å². The molecule has 1 heterocycles. The first-order chi connectivity index (χ1) is 6.29. The number of imidazole rings is 1. The molecule has 0 bridgehead atoms. The molecule has 2 nitrogen and oxygen atoms in total. The van der Waals surface area contributed by atoms with E-state index in [1.165, 1.54) is 19.3 Å². The quantitative estimate of drug-likeness (QED) is 0.729. The highest BCUT2D eigenvalue weighted by Gasteiger charge is 2.22. The van der Waals surface area contributed by atoms with Crippen LogP contribution in [0.5, 0.6) is 0 Å². The molecule has 2 rings (SSSR count). The summed E-state index contributed by atoms with van der Waals surface area (Å²) < 4.78 is 2.28. The lowest BCUT2D eigenvalue weighted by molar-refractivity contribution is 0.493. The molecule has 1 aromatic rings. The average Bonchev–Trinajstić information content (AvgIpc) is 2.71. The van der Waals surface area contributed by atoms with Gasteiger partial charge in [-0.3, -0.25) is 0 Å². The van der Waals surface area contributed by atoms with E-state index in [1.807, 2.05) is 6.33 Å². The zero-order valence-electron chi connectivity index (χ0n) is 7.91. The van der Waals surface area contributed by atoms with Gasteiger partial charge >= 0.3 is 0 Å². The van der Waals surface area contributed by atoms with Gasteiger partial charge in [0.2, 0.25) is 0 Å². The lowest BCUT2D eigenvalue weighted by Gasteiger charge is -2.10. The van der Waals surface area contributed by atoms with E-state index in [2.05, 4.69) is 38.6 Å². The predicted molar refractivity (Wildman–Crippen MR) is 56.9 cm³/mol. The van der Waals surface area contributed by atoms with Gasteiger partial charge in [-0.25, -0.2) is 4.98 Å². The van der Waals surface area contributed by atoms with Gasteiger partial charge in [0.05, 0.1) is 12.0 Å². The zero-order chi connectivity index (χ0) is 9.26. The molecule has 0 amide bonds. The molecule has 2 atom stereocenters. The Morgan fingerprint density at radius 3 is 3.00 bits per heavy atom. The van der Waals surface area contributed by atoms with Crippen molar-refractivity contribution >= 4 is 15.9 Å². The molecule has 13 heavy (non-hydrogen) atoms. The van der Waals surface area contributed by atoms with Crippen LogP contribution in [0.3, 0.4) is 0 Å². The molecule has 0 aliphatic heterocycles. The molecule has 1 aliphatic carbocycles. The van der Waals surface area contributed by atoms with Gasteiger partial charge in [0, 0.05) is 17.6 Å². The summed E-state index contributed by atoms with van der Waals surface area (Å²) in [4.78, 5) is 4.32. The number of halogens is 1. The van der Waals surface area contributed by atoms with Crippen LogP contribution in [0.15, 0.2) is 12.5 Å². The van der Waals surface area contributed by atoms with Crippen LogP contribution in [0.25, 0.3) is 0 Å². The Hall–Kier alpha value is -0.310. The number of hydrogen-bond acceptors (Lipinski definition) is 1. The molecular weight excluding hydrogens is 228 g/mol. The van der Waals surface area contributed by atoms with E-state index in [4.69, 9.17) is 0 Å². The van der Waals surface area contributed by atoms with Crippen molar-refractivity contribution in [1.29, 1.82) is 0 Å². The minimum Gasteiger partial charge on any atom is -0.334 e. The SMILES string of the molecule is CC1CCC(n2cnc(CBr)c2)C1. The molecule has 2 unspecified atom stereocenters. The molecule has 0 saturated heterocycles. The Balaban J connectivity index is 2.08. The van der Waals surface area contributed by atoms with E-state index in [9.17, 15) is 0 Å². The fraction of sp³-hybridized carbons (Fsp3) is 0.700. The number of rotatable bonds is 2. The van der Waals surface area contributed by atoms with Crippen LogP contribution in [-0.2, 0) is 5.33 Å². The van der Waals surface area contributed by atoms with Gasteiger partial charge in [-0.1, -0.05) is 22.9 Å². The number of nitrogens with zero attached hydrogens (tertiary/aromatic N) is 2. The van der Waals surface area contributed by atoms with Crippen molar-refractivity contribution in [3.05, 3.63) is 18.2 Å². The Morgan fingerprint density at radius 2 is 2.46 bits per heavy atom. The molecule has 0 spiro atoms. The third-order valence-electron chi connectivity index (χ3n) is 2.88. The Bertz CT molecular complexity index is 282. The first-order valence-electron chi connectivity index (χ1n) is 4.88. The Morgan fingerprint density at radius 1 is 1.62 bits per heavy atom. The highest BCUT2D eigenvalue weighted by Crippen LogP contribution is 2.33. The number of hydrogen-bond donors (Lipinski definition) is 0. The highest BCUT2D eigenvalue weighted by atomic mass is 79.9. The average molecular weight is 243 g/mol. The molecule has 1 saturated carbocycles. The molecule has 1 fully saturated rings. The van der Waals surface area contributed by atoms with E-state index in [0.717, 1.165) is 16.9 Å². The highest BCUT2D eigenvalue weighted by molar-refractivity contribution is 9.08. The lowest BCUT2D eigenvalue weighted by atomic mass is 10.1. The van der Waals surface area contributed by atoms with Gasteiger partial charge in [0.15, 0.2) is 0 Å². The van der Waals surface area contributed by atoms with Gasteiger partial charge in [-0.15, -0.1) is 0 Å². The van der Waals surface area contributed by atoms with Crippen LogP contribution in [-0.4, -0.2) is 9.55 Å². The Labute approximate surface area is 87.5 Å². The van der Waals surface area contributed by atoms with E-state index in [1.54, 1.807) is 0 Å². The first-order valence-corrected chi connectivity index (χ1v) is 6.00. The van der Waals surface area contributed by atoms with Gasteiger partial charge < -0.3 is 4.57 Å². The summed E-state index contributed by atoms with van der Waals surface area (Å²) in [6.45, 7) is 2.34. The third kappa shape index (κ3) is 1.96. The molecule has 3 heteroatoms. The summed E-state index contributed by atoms with van der Waals surface area (Å²) in [5.74, 6) is 0.889. The molecule has 1 aromatic heterocycles. The van der Waals surface area contributed by atoms with Crippen molar-refractivity contribution in [3.8, 4) is 0 Å². The second-order valence-corrected chi connectivity index (χ2v) is 4.58. The molecule has 1 aliphatic rings. The van der Waals surface area contributed by atoms with Gasteiger partial charge in [-0.05, 0) is 25.2 Å². The van der Waals surface area contributed by atoms with Crippen molar-refractivity contribution < 1.29 is 0 Å². The summed E-state index contributed by atoms with van der Waals surface area (Å²) in [6.07, 6.45) is 8.14. The second kappa shape index (κ2) is 3.82. The van der Waals surface area contributed by atoms with Crippen molar-refractivity contribution in [2.75, 3.05) is 0 Å². The van der Waals surface area contributed by atoms with Crippen molar-refractivity contribution in [1.82, 2.24) is 9.55 Å². The summed E-state index contributed by atoms with van der Waals surface area (Å²) in [5.41, 5.74) is 1.14. The van der Waals surface area contributed by atoms with E-state index in [-0.39, 0.29) is 0 Å². The zero-order valence-corrected chi connectivity index (χ0v) is 9.50. The van der Waals surface area contributed by atoms with Gasteiger partial charge in [-0.2, -0.15) is 0 Å². The monoisotopic (exact) mass is 242 g/mol. The van der Waals surface area contributed by atoms with Crippen LogP contribution >= 0.6 is 15.9 Å². The minimum atomic E-state index is 0.704. The van der Waals surface area contributed by atoms with Crippen LogP contribution < -0.4 is 0 Å². The summed E-state index contributed by atoms with van der Waals surface area (Å²) in [7, 11) is 0. The molecule has 0 radical (unpaired) electrons. The summed E-state index contributed by atoms with van der Waals surface area (Å²) >= 11 is 3.42. The van der Waals surface area contributed by atoms with Crippen LogP contribution in [0.1, 0.15) is 37.9 Å². The van der Waals surface area contributed by atoms with E-state index < -0.39 is 0 Å². The molecule has 0 N–H and O–H groups in total. The topological polar surface area (TPSA) is 17.8 Å². The third-order valence-corrected chi connectivity index (χ3v) is 3.46. The van der Waals surface area contributed by atoms with Crippen molar-refractivity contribution in [3.63, 3.8) is 0 Å². The smallest absolute Gasteiger partial charge is 0.0952 e. The van der Waals surface area contributed by atoms with Gasteiger partial charge in [0.1, 0.15) is 0 Å². The molecule has 72 valence electrons. The maximum atomic E-state index is 4.32. The van der Waals surface area contributed by atoms with Crippen LogP contribution in [0.2, 0.25) is 0 Å². The lowest BCUT2D eigenvalue weighted by Crippen LogP contribution is -2.01. The standard InChI is InChI=1S/C10H15BrN2/c1-8-2-3-10(4-8)13-6-9(5-11)12-7-13/h6-8,10H,2-5H2,1H3. The van der Waals surface area contributed by atoms with Crippen molar-refractivity contribution in [2.45, 2.75) is 37.6 Å². The maximum Gasteiger partial charge on any atom is 0.0952 e. The fourth-order valence-electron chi connectivity index (χ4n) is 2.10. The largest absolute Gasteiger partial charge is 0.334 e. The van der Waals surface area contributed by atoms with Crippen LogP contribution in [0.4, 0.5) is 0 Å². The summed E-state index contributed by atoms with van der Waals surface area (Å²) in [6, 6.07) is 0.704. The maximum absolute atomic E-state index is 4.32. The number of alkyl halides is 1. The predicted octanol–water partition coefficient (Wildman–Crippen LogP) is 3.14. The summed E-state index contributed by atoms with van der Waals surface area (Å²) in [5, 5.41) is 0.863. The molecular formula is C10H15BrN2.